The molecule has 3 N–H and O–H groups in total. The van der Waals surface area contributed by atoms with Crippen LogP contribution in [0.3, 0.4) is 0 Å². The van der Waals surface area contributed by atoms with Gasteiger partial charge < -0.3 is 15.1 Å². The predicted octanol–water partition coefficient (Wildman–Crippen LogP) is 5.18. The summed E-state index contributed by atoms with van der Waals surface area (Å²) in [5, 5.41) is 28.4. The highest BCUT2D eigenvalue weighted by atomic mass is 79.9. The van der Waals surface area contributed by atoms with E-state index in [0.717, 1.165) is 31.8 Å². The molecule has 132 valence electrons. The Morgan fingerprint density at radius 1 is 1.04 bits per heavy atom. The maximum Gasteiger partial charge on any atom is 0.289 e. The molecule has 0 aliphatic heterocycles. The molecule has 0 bridgehead atoms. The Kier molecular flexibility index (Phi) is 3.44. The van der Waals surface area contributed by atoms with Gasteiger partial charge in [0.15, 0.2) is 11.3 Å². The molecular weight excluding hydrogens is 410 g/mol. The van der Waals surface area contributed by atoms with Gasteiger partial charge in [-0.15, -0.1) is 20.4 Å². The molecule has 3 aromatic heterocycles. The first-order valence-electron chi connectivity index (χ1n) is 8.14. The molecule has 5 aromatic rings. The first-order valence-corrected chi connectivity index (χ1v) is 8.93. The number of hydrogen-bond donors (Lipinski definition) is 3. The fourth-order valence-corrected chi connectivity index (χ4v) is 3.72. The molecule has 0 saturated carbocycles. The molecule has 27 heavy (non-hydrogen) atoms. The number of aromatic hydroxyl groups is 1. The van der Waals surface area contributed by atoms with Crippen LogP contribution >= 0.6 is 15.9 Å². The van der Waals surface area contributed by atoms with Crippen LogP contribution in [-0.2, 0) is 0 Å². The first-order chi connectivity index (χ1) is 13.1. The quantitative estimate of drug-likeness (QED) is 0.340. The van der Waals surface area contributed by atoms with Crippen molar-refractivity contribution in [3.63, 3.8) is 0 Å². The molecular formula is C18H12BrN7O. The second kappa shape index (κ2) is 5.85. The van der Waals surface area contributed by atoms with Crippen LogP contribution in [0.1, 0.15) is 5.56 Å². The summed E-state index contributed by atoms with van der Waals surface area (Å²) in [7, 11) is 0. The number of azo groups is 1. The molecule has 8 nitrogen and oxygen atoms in total. The molecule has 0 aliphatic rings. The molecule has 2 aromatic carbocycles. The number of aromatic amines is 2. The number of nitrogens with one attached hydrogen (secondary N) is 2. The van der Waals surface area contributed by atoms with E-state index in [2.05, 4.69) is 51.3 Å². The van der Waals surface area contributed by atoms with Crippen molar-refractivity contribution in [2.75, 3.05) is 0 Å². The van der Waals surface area contributed by atoms with E-state index in [-0.39, 0.29) is 11.8 Å². The lowest BCUT2D eigenvalue weighted by molar-refractivity contribution is 0.459. The fourth-order valence-electron chi connectivity index (χ4n) is 3.15. The summed E-state index contributed by atoms with van der Waals surface area (Å²) in [5.74, 6) is 0.0455. The lowest BCUT2D eigenvalue weighted by Gasteiger charge is -1.97. The smallest absolute Gasteiger partial charge is 0.289 e. The van der Waals surface area contributed by atoms with Crippen molar-refractivity contribution in [2.45, 2.75) is 6.92 Å². The van der Waals surface area contributed by atoms with E-state index in [1.165, 1.54) is 0 Å². The van der Waals surface area contributed by atoms with E-state index in [4.69, 9.17) is 0 Å². The van der Waals surface area contributed by atoms with Gasteiger partial charge in [-0.05, 0) is 30.7 Å². The SMILES string of the molecule is Cc1cc(Br)cc2c(N=Nc3nnc4c(n3)[nH]c3ccccc34)c(O)[nH]c12. The molecule has 0 unspecified atom stereocenters. The lowest BCUT2D eigenvalue weighted by atomic mass is 10.1. The number of para-hydroxylation sites is 1. The Morgan fingerprint density at radius 2 is 1.89 bits per heavy atom. The Bertz CT molecular complexity index is 1370. The largest absolute Gasteiger partial charge is 0.493 e. The van der Waals surface area contributed by atoms with Crippen molar-refractivity contribution in [1.82, 2.24) is 25.1 Å². The zero-order valence-electron chi connectivity index (χ0n) is 14.0. The average Bonchev–Trinajstić information content (AvgIpc) is 3.17. The van der Waals surface area contributed by atoms with Gasteiger partial charge in [0.05, 0.1) is 5.52 Å². The van der Waals surface area contributed by atoms with E-state index in [1.54, 1.807) is 0 Å². The molecule has 0 fully saturated rings. The summed E-state index contributed by atoms with van der Waals surface area (Å²) in [5.41, 5.74) is 4.30. The van der Waals surface area contributed by atoms with E-state index in [9.17, 15) is 5.11 Å². The van der Waals surface area contributed by atoms with E-state index >= 15 is 0 Å². The zero-order valence-corrected chi connectivity index (χ0v) is 15.6. The van der Waals surface area contributed by atoms with Crippen molar-refractivity contribution in [2.24, 2.45) is 10.2 Å². The Labute approximate surface area is 160 Å². The molecule has 0 spiro atoms. The number of rotatable bonds is 2. The molecule has 3 heterocycles. The molecule has 0 radical (unpaired) electrons. The highest BCUT2D eigenvalue weighted by Gasteiger charge is 2.14. The summed E-state index contributed by atoms with van der Waals surface area (Å²) < 4.78 is 0.889. The summed E-state index contributed by atoms with van der Waals surface area (Å²) >= 11 is 3.46. The molecule has 0 saturated heterocycles. The van der Waals surface area contributed by atoms with Crippen LogP contribution in [0.25, 0.3) is 33.0 Å². The van der Waals surface area contributed by atoms with Gasteiger partial charge in [0.25, 0.3) is 5.95 Å². The molecule has 0 atom stereocenters. The number of benzene rings is 2. The zero-order chi connectivity index (χ0) is 18.5. The normalized spacial score (nSPS) is 12.1. The number of halogens is 1. The first kappa shape index (κ1) is 15.9. The molecule has 5 rings (SSSR count). The van der Waals surface area contributed by atoms with Gasteiger partial charge in [0.2, 0.25) is 5.88 Å². The molecule has 0 amide bonds. The van der Waals surface area contributed by atoms with Crippen LogP contribution in [0.15, 0.2) is 51.1 Å². The van der Waals surface area contributed by atoms with Gasteiger partial charge >= 0.3 is 0 Å². The predicted molar refractivity (Wildman–Crippen MR) is 106 cm³/mol. The highest BCUT2D eigenvalue weighted by molar-refractivity contribution is 9.10. The lowest BCUT2D eigenvalue weighted by Crippen LogP contribution is -1.86. The number of aryl methyl sites for hydroxylation is 1. The minimum Gasteiger partial charge on any atom is -0.493 e. The minimum absolute atomic E-state index is 0.0606. The van der Waals surface area contributed by atoms with Gasteiger partial charge in [-0.1, -0.05) is 34.1 Å². The molecule has 0 aliphatic carbocycles. The van der Waals surface area contributed by atoms with Gasteiger partial charge in [0.1, 0.15) is 5.52 Å². The number of hydrogen-bond acceptors (Lipinski definition) is 6. The van der Waals surface area contributed by atoms with Crippen molar-refractivity contribution in [3.8, 4) is 5.88 Å². The van der Waals surface area contributed by atoms with Crippen molar-refractivity contribution < 1.29 is 5.11 Å². The van der Waals surface area contributed by atoms with Gasteiger partial charge in [0, 0.05) is 20.8 Å². The maximum atomic E-state index is 10.2. The highest BCUT2D eigenvalue weighted by Crippen LogP contribution is 2.38. The Morgan fingerprint density at radius 3 is 2.78 bits per heavy atom. The monoisotopic (exact) mass is 421 g/mol. The van der Waals surface area contributed by atoms with Crippen LogP contribution in [0.5, 0.6) is 5.88 Å². The second-order valence-electron chi connectivity index (χ2n) is 6.15. The van der Waals surface area contributed by atoms with E-state index in [1.807, 2.05) is 43.3 Å². The van der Waals surface area contributed by atoms with Crippen molar-refractivity contribution in [1.29, 1.82) is 0 Å². The molecule has 9 heteroatoms. The van der Waals surface area contributed by atoms with Gasteiger partial charge in [-0.2, -0.15) is 4.98 Å². The standard InChI is InChI=1S/C18H12BrN7O/c1-8-6-9(19)7-11-13(8)21-17(27)15(11)24-26-18-22-16-14(23-25-18)10-4-2-3-5-12(10)20-16/h2-7,21,27H,1H3,(H,20,22,25). The van der Waals surface area contributed by atoms with Crippen LogP contribution in [0.2, 0.25) is 0 Å². The van der Waals surface area contributed by atoms with Gasteiger partial charge in [-0.3, -0.25) is 0 Å². The minimum atomic E-state index is -0.0606. The third-order valence-corrected chi connectivity index (χ3v) is 4.83. The fraction of sp³-hybridized carbons (Fsp3) is 0.0556. The van der Waals surface area contributed by atoms with Crippen LogP contribution < -0.4 is 0 Å². The number of fused-ring (bicyclic) bond motifs is 4. The van der Waals surface area contributed by atoms with Crippen LogP contribution in [0, 0.1) is 6.92 Å². The van der Waals surface area contributed by atoms with Crippen molar-refractivity contribution in [3.05, 3.63) is 46.4 Å². The summed E-state index contributed by atoms with van der Waals surface area (Å²) in [6, 6.07) is 11.6. The Hall–Kier alpha value is -3.33. The topological polar surface area (TPSA) is 115 Å². The number of nitrogens with zero attached hydrogens (tertiary/aromatic N) is 5. The summed E-state index contributed by atoms with van der Waals surface area (Å²) in [6.07, 6.45) is 0. The van der Waals surface area contributed by atoms with Crippen LogP contribution in [0.4, 0.5) is 11.6 Å². The Balaban J connectivity index is 1.60. The van der Waals surface area contributed by atoms with Gasteiger partial charge in [-0.25, -0.2) is 0 Å². The number of aromatic nitrogens is 5. The summed E-state index contributed by atoms with van der Waals surface area (Å²) in [6.45, 7) is 1.95. The third kappa shape index (κ3) is 2.55. The maximum absolute atomic E-state index is 10.2. The number of H-pyrrole nitrogens is 2. The second-order valence-corrected chi connectivity index (χ2v) is 7.06. The van der Waals surface area contributed by atoms with E-state index < -0.39 is 0 Å². The van der Waals surface area contributed by atoms with E-state index in [0.29, 0.717) is 16.9 Å². The van der Waals surface area contributed by atoms with Crippen LogP contribution in [-0.4, -0.2) is 30.3 Å². The van der Waals surface area contributed by atoms with Crippen molar-refractivity contribution >= 4 is 60.5 Å². The third-order valence-electron chi connectivity index (χ3n) is 4.37. The average molecular weight is 422 g/mol. The summed E-state index contributed by atoms with van der Waals surface area (Å²) in [4.78, 5) is 10.5.